The smallest absolute Gasteiger partial charge is 0.387 e. The first-order chi connectivity index (χ1) is 11.1. The Morgan fingerprint density at radius 1 is 1.29 bits per heavy atom. The number of methoxy groups -OCH3 is 1. The Morgan fingerprint density at radius 2 is 1.92 bits per heavy atom. The van der Waals surface area contributed by atoms with Gasteiger partial charge < -0.3 is 20.1 Å². The fourth-order valence-corrected chi connectivity index (χ4v) is 2.78. The molecule has 1 saturated heterocycles. The Kier molecular flexibility index (Phi) is 8.38. The van der Waals surface area contributed by atoms with Crippen LogP contribution in [0, 0.1) is 5.41 Å². The van der Waals surface area contributed by atoms with Crippen LogP contribution in [-0.2, 0) is 16.1 Å². The Labute approximate surface area is 146 Å². The van der Waals surface area contributed by atoms with Gasteiger partial charge in [0.15, 0.2) is 0 Å². The monoisotopic (exact) mass is 364 g/mol. The predicted octanol–water partition coefficient (Wildman–Crippen LogP) is 2.34. The lowest BCUT2D eigenvalue weighted by molar-refractivity contribution is -0.136. The number of benzene rings is 1. The van der Waals surface area contributed by atoms with E-state index in [1.54, 1.807) is 19.2 Å². The third kappa shape index (κ3) is 5.58. The van der Waals surface area contributed by atoms with Gasteiger partial charge in [-0.3, -0.25) is 4.79 Å². The molecule has 1 fully saturated rings. The molecule has 0 bridgehead atoms. The number of halogens is 3. The molecule has 0 aromatic heterocycles. The summed E-state index contributed by atoms with van der Waals surface area (Å²) in [6, 6.07) is 6.24. The fourth-order valence-electron chi connectivity index (χ4n) is 2.78. The number of hydrogen-bond acceptors (Lipinski definition) is 4. The predicted molar refractivity (Wildman–Crippen MR) is 88.6 cm³/mol. The van der Waals surface area contributed by atoms with Gasteiger partial charge in [0.2, 0.25) is 5.91 Å². The molecule has 1 heterocycles. The second-order valence-corrected chi connectivity index (χ2v) is 5.67. The van der Waals surface area contributed by atoms with Crippen molar-refractivity contribution in [1.29, 1.82) is 0 Å². The molecule has 5 nitrogen and oxygen atoms in total. The third-order valence-corrected chi connectivity index (χ3v) is 4.06. The first-order valence-electron chi connectivity index (χ1n) is 7.57. The van der Waals surface area contributed by atoms with Crippen molar-refractivity contribution in [3.63, 3.8) is 0 Å². The van der Waals surface area contributed by atoms with Crippen molar-refractivity contribution in [3.05, 3.63) is 29.8 Å². The van der Waals surface area contributed by atoms with Crippen molar-refractivity contribution < 1.29 is 23.0 Å². The van der Waals surface area contributed by atoms with E-state index in [9.17, 15) is 13.6 Å². The highest BCUT2D eigenvalue weighted by Crippen LogP contribution is 2.29. The summed E-state index contributed by atoms with van der Waals surface area (Å²) in [5.41, 5.74) is 0.320. The van der Waals surface area contributed by atoms with Crippen LogP contribution in [0.1, 0.15) is 18.4 Å². The minimum atomic E-state index is -2.84. The lowest BCUT2D eigenvalue weighted by Crippen LogP contribution is -2.49. The maximum absolute atomic E-state index is 12.6. The molecule has 2 rings (SSSR count). The number of amides is 1. The molecular formula is C16H23ClF2N2O3. The van der Waals surface area contributed by atoms with E-state index in [-0.39, 0.29) is 24.1 Å². The average Bonchev–Trinajstić information content (AvgIpc) is 2.54. The Balaban J connectivity index is 0.00000288. The zero-order valence-electron chi connectivity index (χ0n) is 13.5. The van der Waals surface area contributed by atoms with Crippen molar-refractivity contribution in [2.24, 2.45) is 5.41 Å². The van der Waals surface area contributed by atoms with Crippen molar-refractivity contribution in [2.75, 3.05) is 26.8 Å². The molecule has 0 spiro atoms. The SMILES string of the molecule is COCC1(C(=O)NCc2ccc(OC(F)F)cc2)CCNCC1.Cl. The van der Waals surface area contributed by atoms with Gasteiger partial charge in [0.25, 0.3) is 0 Å². The highest BCUT2D eigenvalue weighted by molar-refractivity contribution is 5.85. The highest BCUT2D eigenvalue weighted by Gasteiger charge is 2.39. The van der Waals surface area contributed by atoms with Crippen molar-refractivity contribution in [1.82, 2.24) is 10.6 Å². The van der Waals surface area contributed by atoms with Gasteiger partial charge in [-0.15, -0.1) is 12.4 Å². The summed E-state index contributed by atoms with van der Waals surface area (Å²) in [5.74, 6) is 0.0676. The molecule has 2 N–H and O–H groups in total. The summed E-state index contributed by atoms with van der Waals surface area (Å²) in [5, 5.41) is 6.16. The molecule has 1 aromatic rings. The fraction of sp³-hybridized carbons (Fsp3) is 0.562. The number of nitrogens with one attached hydrogen (secondary N) is 2. The van der Waals surface area contributed by atoms with E-state index < -0.39 is 12.0 Å². The zero-order chi connectivity index (χ0) is 16.7. The lowest BCUT2D eigenvalue weighted by Gasteiger charge is -2.35. The maximum atomic E-state index is 12.6. The van der Waals surface area contributed by atoms with Crippen molar-refractivity contribution in [2.45, 2.75) is 26.0 Å². The summed E-state index contributed by atoms with van der Waals surface area (Å²) in [7, 11) is 1.60. The van der Waals surface area contributed by atoms with E-state index in [1.807, 2.05) is 0 Å². The van der Waals surface area contributed by atoms with Crippen LogP contribution in [0.15, 0.2) is 24.3 Å². The van der Waals surface area contributed by atoms with Gasteiger partial charge in [0, 0.05) is 13.7 Å². The first-order valence-corrected chi connectivity index (χ1v) is 7.57. The molecule has 136 valence electrons. The first kappa shape index (κ1) is 20.6. The molecule has 0 atom stereocenters. The van der Waals surface area contributed by atoms with E-state index >= 15 is 0 Å². The zero-order valence-corrected chi connectivity index (χ0v) is 14.3. The van der Waals surface area contributed by atoms with Gasteiger partial charge in [0.1, 0.15) is 5.75 Å². The quantitative estimate of drug-likeness (QED) is 0.779. The van der Waals surface area contributed by atoms with Crippen LogP contribution >= 0.6 is 12.4 Å². The molecule has 1 aliphatic rings. The second kappa shape index (κ2) is 9.76. The number of alkyl halides is 2. The van der Waals surface area contributed by atoms with Gasteiger partial charge in [-0.1, -0.05) is 12.1 Å². The number of carbonyl (C=O) groups is 1. The van der Waals surface area contributed by atoms with Crippen LogP contribution in [-0.4, -0.2) is 39.3 Å². The maximum Gasteiger partial charge on any atom is 0.387 e. The van der Waals surface area contributed by atoms with Gasteiger partial charge >= 0.3 is 6.61 Å². The molecule has 0 radical (unpaired) electrons. The Morgan fingerprint density at radius 3 is 2.46 bits per heavy atom. The van der Waals surface area contributed by atoms with Crippen molar-refractivity contribution >= 4 is 18.3 Å². The molecule has 1 aromatic carbocycles. The normalized spacial score (nSPS) is 16.3. The van der Waals surface area contributed by atoms with Gasteiger partial charge in [-0.2, -0.15) is 8.78 Å². The third-order valence-electron chi connectivity index (χ3n) is 4.06. The molecule has 1 aliphatic heterocycles. The van der Waals surface area contributed by atoms with E-state index in [0.717, 1.165) is 31.5 Å². The minimum absolute atomic E-state index is 0. The summed E-state index contributed by atoms with van der Waals surface area (Å²) >= 11 is 0. The van der Waals surface area contributed by atoms with Crippen molar-refractivity contribution in [3.8, 4) is 5.75 Å². The van der Waals surface area contributed by atoms with Crippen LogP contribution in [0.2, 0.25) is 0 Å². The van der Waals surface area contributed by atoms with E-state index in [4.69, 9.17) is 4.74 Å². The second-order valence-electron chi connectivity index (χ2n) is 5.67. The molecule has 0 saturated carbocycles. The number of piperidine rings is 1. The Hall–Kier alpha value is -1.44. The topological polar surface area (TPSA) is 59.6 Å². The molecule has 0 unspecified atom stereocenters. The average molecular weight is 365 g/mol. The molecular weight excluding hydrogens is 342 g/mol. The van der Waals surface area contributed by atoms with Gasteiger partial charge in [0.05, 0.1) is 12.0 Å². The molecule has 24 heavy (non-hydrogen) atoms. The number of carbonyl (C=O) groups excluding carboxylic acids is 1. The summed E-state index contributed by atoms with van der Waals surface area (Å²) < 4.78 is 33.7. The number of rotatable bonds is 7. The highest BCUT2D eigenvalue weighted by atomic mass is 35.5. The van der Waals surface area contributed by atoms with E-state index in [2.05, 4.69) is 15.4 Å². The lowest BCUT2D eigenvalue weighted by atomic mass is 9.78. The standard InChI is InChI=1S/C16H22F2N2O3.ClH/c1-22-11-16(6-8-19-9-7-16)14(21)20-10-12-2-4-13(5-3-12)23-15(17)18;/h2-5,15,19H,6-11H2,1H3,(H,20,21);1H. The summed E-state index contributed by atoms with van der Waals surface area (Å²) in [6.45, 7) is -0.532. The Bertz CT molecular complexity index is 503. The van der Waals surface area contributed by atoms with Crippen LogP contribution in [0.4, 0.5) is 8.78 Å². The van der Waals surface area contributed by atoms with E-state index in [1.165, 1.54) is 12.1 Å². The molecule has 8 heteroatoms. The van der Waals surface area contributed by atoms with Crippen LogP contribution < -0.4 is 15.4 Å². The van der Waals surface area contributed by atoms with Crippen LogP contribution in [0.25, 0.3) is 0 Å². The minimum Gasteiger partial charge on any atom is -0.435 e. The largest absolute Gasteiger partial charge is 0.435 e. The van der Waals surface area contributed by atoms with Crippen LogP contribution in [0.3, 0.4) is 0 Å². The summed E-state index contributed by atoms with van der Waals surface area (Å²) in [6.07, 6.45) is 1.46. The van der Waals surface area contributed by atoms with Gasteiger partial charge in [-0.05, 0) is 43.6 Å². The van der Waals surface area contributed by atoms with E-state index in [0.29, 0.717) is 13.2 Å². The number of hydrogen-bond donors (Lipinski definition) is 2. The molecule has 1 amide bonds. The summed E-state index contributed by atoms with van der Waals surface area (Å²) in [4.78, 5) is 12.6. The van der Waals surface area contributed by atoms with Crippen LogP contribution in [0.5, 0.6) is 5.75 Å². The molecule has 0 aliphatic carbocycles. The van der Waals surface area contributed by atoms with Gasteiger partial charge in [-0.25, -0.2) is 0 Å². The number of ether oxygens (including phenoxy) is 2.